The molecule has 0 saturated carbocycles. The Morgan fingerprint density at radius 2 is 1.65 bits per heavy atom. The van der Waals surface area contributed by atoms with Crippen LogP contribution in [0.4, 0.5) is 5.69 Å². The first-order valence-electron chi connectivity index (χ1n) is 10.00. The van der Waals surface area contributed by atoms with Gasteiger partial charge in [0.1, 0.15) is 17.2 Å². The highest BCUT2D eigenvalue weighted by Gasteiger charge is 2.08. The molecule has 8 nitrogen and oxygen atoms in total. The Bertz CT molecular complexity index is 1170. The summed E-state index contributed by atoms with van der Waals surface area (Å²) in [5, 5.41) is 6.66. The molecule has 0 spiro atoms. The van der Waals surface area contributed by atoms with Gasteiger partial charge >= 0.3 is 0 Å². The summed E-state index contributed by atoms with van der Waals surface area (Å²) in [5.41, 5.74) is 3.72. The van der Waals surface area contributed by atoms with Crippen LogP contribution in [0, 0.1) is 0 Å². The quantitative estimate of drug-likeness (QED) is 0.262. The van der Waals surface area contributed by atoms with Crippen molar-refractivity contribution in [1.82, 2.24) is 5.43 Å². The molecule has 0 aliphatic rings. The van der Waals surface area contributed by atoms with E-state index in [2.05, 4.69) is 47.7 Å². The Morgan fingerprint density at radius 3 is 2.38 bits per heavy atom. The third kappa shape index (κ3) is 7.89. The lowest BCUT2D eigenvalue weighted by molar-refractivity contribution is -0.123. The van der Waals surface area contributed by atoms with Crippen molar-refractivity contribution in [2.45, 2.75) is 0 Å². The van der Waals surface area contributed by atoms with Crippen LogP contribution in [0.1, 0.15) is 5.56 Å². The summed E-state index contributed by atoms with van der Waals surface area (Å²) in [7, 11) is 1.54. The molecule has 0 aliphatic carbocycles. The van der Waals surface area contributed by atoms with E-state index in [0.29, 0.717) is 22.9 Å². The van der Waals surface area contributed by atoms with E-state index in [-0.39, 0.29) is 19.1 Å². The van der Waals surface area contributed by atoms with Crippen LogP contribution in [0.2, 0.25) is 0 Å². The van der Waals surface area contributed by atoms with Crippen LogP contribution in [-0.2, 0) is 9.59 Å². The molecule has 0 heterocycles. The van der Waals surface area contributed by atoms with Crippen LogP contribution in [0.5, 0.6) is 17.2 Å². The van der Waals surface area contributed by atoms with Gasteiger partial charge in [0.05, 0.1) is 23.5 Å². The van der Waals surface area contributed by atoms with E-state index in [9.17, 15) is 9.59 Å². The maximum Gasteiger partial charge on any atom is 0.277 e. The molecule has 2 amide bonds. The zero-order chi connectivity index (χ0) is 24.3. The van der Waals surface area contributed by atoms with E-state index >= 15 is 0 Å². The second kappa shape index (κ2) is 12.8. The fourth-order valence-corrected chi connectivity index (χ4v) is 3.84. The number of nitrogens with zero attached hydrogens (tertiary/aromatic N) is 1. The average molecular weight is 591 g/mol. The van der Waals surface area contributed by atoms with E-state index in [4.69, 9.17) is 14.2 Å². The van der Waals surface area contributed by atoms with Crippen LogP contribution in [0.15, 0.2) is 80.8 Å². The number of para-hydroxylation sites is 2. The fourth-order valence-electron chi connectivity index (χ4n) is 2.68. The predicted molar refractivity (Wildman–Crippen MR) is 137 cm³/mol. The lowest BCUT2D eigenvalue weighted by Crippen LogP contribution is -2.24. The van der Waals surface area contributed by atoms with Crippen molar-refractivity contribution in [3.8, 4) is 17.2 Å². The van der Waals surface area contributed by atoms with E-state index in [1.807, 2.05) is 18.2 Å². The molecule has 2 N–H and O–H groups in total. The number of carbonyl (C=O) groups excluding carboxylic acids is 2. The van der Waals surface area contributed by atoms with E-state index in [1.54, 1.807) is 48.5 Å². The lowest BCUT2D eigenvalue weighted by atomic mass is 10.2. The zero-order valence-electron chi connectivity index (χ0n) is 18.1. The Labute approximate surface area is 213 Å². The minimum absolute atomic E-state index is 0.157. The molecular formula is C24H21Br2N3O5. The molecule has 0 saturated heterocycles. The third-order valence-electron chi connectivity index (χ3n) is 4.29. The van der Waals surface area contributed by atoms with Crippen LogP contribution >= 0.6 is 31.9 Å². The van der Waals surface area contributed by atoms with Crippen molar-refractivity contribution in [3.63, 3.8) is 0 Å². The predicted octanol–water partition coefficient (Wildman–Crippen LogP) is 4.77. The number of hydrogen-bond acceptors (Lipinski definition) is 6. The number of nitrogens with one attached hydrogen (secondary N) is 2. The molecule has 3 aromatic carbocycles. The molecule has 0 aliphatic heterocycles. The second-order valence-corrected chi connectivity index (χ2v) is 8.53. The number of amides is 2. The summed E-state index contributed by atoms with van der Waals surface area (Å²) in [4.78, 5) is 24.1. The fraction of sp³-hybridized carbons (Fsp3) is 0.125. The smallest absolute Gasteiger partial charge is 0.277 e. The van der Waals surface area contributed by atoms with Crippen LogP contribution < -0.4 is 25.0 Å². The van der Waals surface area contributed by atoms with Gasteiger partial charge in [0.25, 0.3) is 11.8 Å². The van der Waals surface area contributed by atoms with Gasteiger partial charge in [0.2, 0.25) is 0 Å². The van der Waals surface area contributed by atoms with Crippen molar-refractivity contribution in [1.29, 1.82) is 0 Å². The van der Waals surface area contributed by atoms with E-state index in [0.717, 1.165) is 14.5 Å². The number of ether oxygens (including phenoxy) is 3. The van der Waals surface area contributed by atoms with Gasteiger partial charge < -0.3 is 19.5 Å². The van der Waals surface area contributed by atoms with Gasteiger partial charge in [-0.1, -0.05) is 28.1 Å². The summed E-state index contributed by atoms with van der Waals surface area (Å²) in [6.07, 6.45) is 1.49. The SMILES string of the molecule is COc1ccccc1NC(=O)COc1ccc(/C=N/NC(=O)COc2ccc(Br)cc2Br)cc1. The Kier molecular flexibility index (Phi) is 9.48. The van der Waals surface area contributed by atoms with Gasteiger partial charge in [-0.2, -0.15) is 5.10 Å². The molecular weight excluding hydrogens is 570 g/mol. The number of halogens is 2. The van der Waals surface area contributed by atoms with E-state index < -0.39 is 5.91 Å². The Hall–Kier alpha value is -3.37. The van der Waals surface area contributed by atoms with Gasteiger partial charge in [0, 0.05) is 4.47 Å². The molecule has 0 bridgehead atoms. The van der Waals surface area contributed by atoms with Gasteiger partial charge in [-0.25, -0.2) is 5.43 Å². The number of carbonyl (C=O) groups is 2. The zero-order valence-corrected chi connectivity index (χ0v) is 21.3. The highest BCUT2D eigenvalue weighted by molar-refractivity contribution is 9.11. The van der Waals surface area contributed by atoms with Crippen LogP contribution in [-0.4, -0.2) is 38.4 Å². The number of rotatable bonds is 10. The molecule has 176 valence electrons. The average Bonchev–Trinajstić information content (AvgIpc) is 2.83. The first-order valence-corrected chi connectivity index (χ1v) is 11.6. The number of hydrogen-bond donors (Lipinski definition) is 2. The molecule has 3 aromatic rings. The molecule has 0 radical (unpaired) electrons. The summed E-state index contributed by atoms with van der Waals surface area (Å²) in [5.74, 6) is 0.931. The van der Waals surface area contributed by atoms with Gasteiger partial charge in [-0.3, -0.25) is 9.59 Å². The summed E-state index contributed by atoms with van der Waals surface area (Å²) in [6.45, 7) is -0.336. The molecule has 34 heavy (non-hydrogen) atoms. The minimum atomic E-state index is -0.396. The maximum absolute atomic E-state index is 12.1. The van der Waals surface area contributed by atoms with Crippen molar-refractivity contribution >= 4 is 55.6 Å². The molecule has 0 unspecified atom stereocenters. The van der Waals surface area contributed by atoms with Gasteiger partial charge in [-0.15, -0.1) is 0 Å². The molecule has 0 atom stereocenters. The summed E-state index contributed by atoms with van der Waals surface area (Å²) in [6, 6.07) is 19.4. The van der Waals surface area contributed by atoms with Crippen molar-refractivity contribution in [3.05, 3.63) is 81.2 Å². The van der Waals surface area contributed by atoms with Crippen molar-refractivity contribution < 1.29 is 23.8 Å². The Morgan fingerprint density at radius 1 is 0.912 bits per heavy atom. The first kappa shape index (κ1) is 25.3. The van der Waals surface area contributed by atoms with Crippen molar-refractivity contribution in [2.24, 2.45) is 5.10 Å². The largest absolute Gasteiger partial charge is 0.495 e. The highest BCUT2D eigenvalue weighted by Crippen LogP contribution is 2.28. The molecule has 3 rings (SSSR count). The Balaban J connectivity index is 1.41. The molecule has 10 heteroatoms. The highest BCUT2D eigenvalue weighted by atomic mass is 79.9. The van der Waals surface area contributed by atoms with Gasteiger partial charge in [-0.05, 0) is 76.1 Å². The van der Waals surface area contributed by atoms with Gasteiger partial charge in [0.15, 0.2) is 13.2 Å². The number of anilines is 1. The second-order valence-electron chi connectivity index (χ2n) is 6.76. The first-order chi connectivity index (χ1) is 16.4. The minimum Gasteiger partial charge on any atom is -0.495 e. The van der Waals surface area contributed by atoms with Crippen LogP contribution in [0.3, 0.4) is 0 Å². The topological polar surface area (TPSA) is 98.3 Å². The summed E-state index contributed by atoms with van der Waals surface area (Å²) >= 11 is 6.73. The molecule has 0 aromatic heterocycles. The lowest BCUT2D eigenvalue weighted by Gasteiger charge is -2.10. The number of benzene rings is 3. The summed E-state index contributed by atoms with van der Waals surface area (Å²) < 4.78 is 17.8. The van der Waals surface area contributed by atoms with Crippen LogP contribution in [0.25, 0.3) is 0 Å². The monoisotopic (exact) mass is 589 g/mol. The maximum atomic E-state index is 12.1. The number of methoxy groups -OCH3 is 1. The normalized spacial score (nSPS) is 10.6. The van der Waals surface area contributed by atoms with Crippen molar-refractivity contribution in [2.75, 3.05) is 25.6 Å². The number of hydrazone groups is 1. The van der Waals surface area contributed by atoms with E-state index in [1.165, 1.54) is 13.3 Å². The molecule has 0 fully saturated rings. The standard InChI is InChI=1S/C24H21Br2N3O5/c1-32-22-5-3-2-4-20(22)28-23(30)14-33-18-9-6-16(7-10-18)13-27-29-24(31)15-34-21-11-8-17(25)12-19(21)26/h2-13H,14-15H2,1H3,(H,28,30)(H,29,31)/b27-13+. The third-order valence-corrected chi connectivity index (χ3v) is 5.40.